The Labute approximate surface area is 106 Å². The van der Waals surface area contributed by atoms with E-state index < -0.39 is 0 Å². The zero-order valence-electron chi connectivity index (χ0n) is 9.44. The second-order valence-electron chi connectivity index (χ2n) is 4.59. The van der Waals surface area contributed by atoms with E-state index in [1.165, 1.54) is 11.1 Å². The van der Waals surface area contributed by atoms with Gasteiger partial charge in [0, 0.05) is 17.0 Å². The van der Waals surface area contributed by atoms with Gasteiger partial charge in [-0.1, -0.05) is 48.0 Å². The van der Waals surface area contributed by atoms with E-state index in [0.717, 1.165) is 17.0 Å². The minimum absolute atomic E-state index is 0.0450. The van der Waals surface area contributed by atoms with Crippen molar-refractivity contribution < 1.29 is 0 Å². The van der Waals surface area contributed by atoms with Crippen LogP contribution in [0.1, 0.15) is 28.7 Å². The fraction of sp³-hybridized carbons (Fsp3) is 0.200. The Hall–Kier alpha value is -1.31. The summed E-state index contributed by atoms with van der Waals surface area (Å²) in [5.41, 5.74) is 10.3. The summed E-state index contributed by atoms with van der Waals surface area (Å²) in [4.78, 5) is 0. The summed E-state index contributed by atoms with van der Waals surface area (Å²) < 4.78 is 0. The lowest BCUT2D eigenvalue weighted by Gasteiger charge is -2.35. The summed E-state index contributed by atoms with van der Waals surface area (Å²) in [6, 6.07) is 16.4. The third-order valence-corrected chi connectivity index (χ3v) is 3.80. The molecule has 1 aliphatic carbocycles. The lowest BCUT2D eigenvalue weighted by molar-refractivity contribution is 0.500. The van der Waals surface area contributed by atoms with Crippen molar-refractivity contribution in [3.63, 3.8) is 0 Å². The quantitative estimate of drug-likeness (QED) is 0.856. The molecule has 0 aromatic heterocycles. The molecule has 0 bridgehead atoms. The summed E-state index contributed by atoms with van der Waals surface area (Å²) >= 11 is 6.00. The Bertz CT molecular complexity index is 550. The topological polar surface area (TPSA) is 26.0 Å². The van der Waals surface area contributed by atoms with E-state index in [1.807, 2.05) is 18.2 Å². The van der Waals surface area contributed by atoms with Gasteiger partial charge >= 0.3 is 0 Å². The number of halogens is 1. The van der Waals surface area contributed by atoms with E-state index in [-0.39, 0.29) is 6.04 Å². The average Bonchev–Trinajstić information content (AvgIpc) is 2.30. The van der Waals surface area contributed by atoms with E-state index in [4.69, 9.17) is 17.3 Å². The summed E-state index contributed by atoms with van der Waals surface area (Å²) in [7, 11) is 0. The predicted molar refractivity (Wildman–Crippen MR) is 71.3 cm³/mol. The molecule has 86 valence electrons. The maximum absolute atomic E-state index is 6.33. The van der Waals surface area contributed by atoms with Gasteiger partial charge in [0.15, 0.2) is 0 Å². The summed E-state index contributed by atoms with van der Waals surface area (Å²) in [6.07, 6.45) is 1.07. The average molecular weight is 244 g/mol. The molecule has 1 aliphatic rings. The largest absolute Gasteiger partial charge is 0.323 e. The maximum atomic E-state index is 6.33. The molecule has 17 heavy (non-hydrogen) atoms. The van der Waals surface area contributed by atoms with Crippen LogP contribution in [-0.2, 0) is 6.42 Å². The Kier molecular flexibility index (Phi) is 2.65. The van der Waals surface area contributed by atoms with Gasteiger partial charge in [-0.2, -0.15) is 0 Å². The maximum Gasteiger partial charge on any atom is 0.0409 e. The van der Waals surface area contributed by atoms with Crippen LogP contribution in [0.2, 0.25) is 5.02 Å². The van der Waals surface area contributed by atoms with Crippen molar-refractivity contribution >= 4 is 11.6 Å². The number of hydrogen-bond acceptors (Lipinski definition) is 1. The molecule has 0 spiro atoms. The van der Waals surface area contributed by atoms with E-state index in [9.17, 15) is 0 Å². The molecule has 3 rings (SSSR count). The van der Waals surface area contributed by atoms with Crippen LogP contribution in [0.15, 0.2) is 48.5 Å². The first-order valence-electron chi connectivity index (χ1n) is 5.84. The minimum atomic E-state index is 0.0450. The van der Waals surface area contributed by atoms with E-state index in [1.54, 1.807) is 0 Å². The highest BCUT2D eigenvalue weighted by molar-refractivity contribution is 6.30. The van der Waals surface area contributed by atoms with Crippen LogP contribution in [0.25, 0.3) is 0 Å². The van der Waals surface area contributed by atoms with E-state index in [0.29, 0.717) is 5.92 Å². The lowest BCUT2D eigenvalue weighted by Crippen LogP contribution is -2.28. The van der Waals surface area contributed by atoms with Crippen molar-refractivity contribution in [1.29, 1.82) is 0 Å². The summed E-state index contributed by atoms with van der Waals surface area (Å²) in [5, 5.41) is 0.755. The third-order valence-electron chi connectivity index (χ3n) is 3.56. The van der Waals surface area contributed by atoms with Gasteiger partial charge in [0.25, 0.3) is 0 Å². The lowest BCUT2D eigenvalue weighted by atomic mass is 9.72. The van der Waals surface area contributed by atoms with Crippen molar-refractivity contribution in [2.45, 2.75) is 18.4 Å². The molecule has 2 N–H and O–H groups in total. The first-order chi connectivity index (χ1) is 8.25. The highest BCUT2D eigenvalue weighted by atomic mass is 35.5. The Morgan fingerprint density at radius 3 is 2.71 bits per heavy atom. The molecule has 2 aromatic rings. The van der Waals surface area contributed by atoms with E-state index >= 15 is 0 Å². The van der Waals surface area contributed by atoms with E-state index in [2.05, 4.69) is 30.3 Å². The number of hydrogen-bond donors (Lipinski definition) is 1. The first kappa shape index (κ1) is 10.8. The first-order valence-corrected chi connectivity index (χ1v) is 6.22. The standard InChI is InChI=1S/C15H14ClN/c16-12-6-3-5-11(8-12)15(17)14-9-10-4-1-2-7-13(10)14/h1-8,14-15H,9,17H2. The molecular weight excluding hydrogens is 230 g/mol. The van der Waals surface area contributed by atoms with Crippen LogP contribution in [0, 0.1) is 0 Å². The van der Waals surface area contributed by atoms with Crippen LogP contribution >= 0.6 is 11.6 Å². The molecule has 0 fully saturated rings. The summed E-state index contributed by atoms with van der Waals surface area (Å²) in [5.74, 6) is 0.435. The minimum Gasteiger partial charge on any atom is -0.323 e. The van der Waals surface area contributed by atoms with Gasteiger partial charge in [0.1, 0.15) is 0 Å². The van der Waals surface area contributed by atoms with Crippen LogP contribution in [0.4, 0.5) is 0 Å². The van der Waals surface area contributed by atoms with Gasteiger partial charge in [-0.25, -0.2) is 0 Å². The van der Waals surface area contributed by atoms with Crippen LogP contribution in [-0.4, -0.2) is 0 Å². The van der Waals surface area contributed by atoms with Crippen molar-refractivity contribution in [2.75, 3.05) is 0 Å². The van der Waals surface area contributed by atoms with Crippen LogP contribution < -0.4 is 5.73 Å². The Balaban J connectivity index is 1.88. The third kappa shape index (κ3) is 1.86. The van der Waals surface area contributed by atoms with Gasteiger partial charge in [0.2, 0.25) is 0 Å². The van der Waals surface area contributed by atoms with Gasteiger partial charge in [-0.3, -0.25) is 0 Å². The molecule has 2 aromatic carbocycles. The van der Waals surface area contributed by atoms with Crippen LogP contribution in [0.5, 0.6) is 0 Å². The number of benzene rings is 2. The molecule has 0 saturated carbocycles. The molecule has 0 saturated heterocycles. The van der Waals surface area contributed by atoms with Crippen molar-refractivity contribution in [3.8, 4) is 0 Å². The molecule has 2 heteroatoms. The van der Waals surface area contributed by atoms with Crippen molar-refractivity contribution in [1.82, 2.24) is 0 Å². The van der Waals surface area contributed by atoms with Gasteiger partial charge in [0.05, 0.1) is 0 Å². The van der Waals surface area contributed by atoms with Crippen LogP contribution in [0.3, 0.4) is 0 Å². The van der Waals surface area contributed by atoms with Crippen molar-refractivity contribution in [3.05, 3.63) is 70.2 Å². The molecule has 0 aliphatic heterocycles. The fourth-order valence-corrected chi connectivity index (χ4v) is 2.76. The Morgan fingerprint density at radius 2 is 1.94 bits per heavy atom. The number of nitrogens with two attached hydrogens (primary N) is 1. The molecular formula is C15H14ClN. The number of fused-ring (bicyclic) bond motifs is 1. The smallest absolute Gasteiger partial charge is 0.0409 e. The van der Waals surface area contributed by atoms with Crippen molar-refractivity contribution in [2.24, 2.45) is 5.73 Å². The monoisotopic (exact) mass is 243 g/mol. The highest BCUT2D eigenvalue weighted by Gasteiger charge is 2.31. The second-order valence-corrected chi connectivity index (χ2v) is 5.03. The number of rotatable bonds is 2. The molecule has 0 amide bonds. The fourth-order valence-electron chi connectivity index (χ4n) is 2.56. The normalized spacial score (nSPS) is 19.3. The van der Waals surface area contributed by atoms with Gasteiger partial charge < -0.3 is 5.73 Å². The zero-order chi connectivity index (χ0) is 11.8. The second kappa shape index (κ2) is 4.17. The SMILES string of the molecule is NC(c1cccc(Cl)c1)C1Cc2ccccc21. The zero-order valence-corrected chi connectivity index (χ0v) is 10.2. The predicted octanol–water partition coefficient (Wildman–Crippen LogP) is 3.68. The molecule has 2 unspecified atom stereocenters. The molecule has 0 radical (unpaired) electrons. The van der Waals surface area contributed by atoms with Gasteiger partial charge in [-0.15, -0.1) is 0 Å². The molecule has 0 heterocycles. The Morgan fingerprint density at radius 1 is 1.12 bits per heavy atom. The van der Waals surface area contributed by atoms with Gasteiger partial charge in [-0.05, 0) is 35.2 Å². The highest BCUT2D eigenvalue weighted by Crippen LogP contribution is 2.42. The molecule has 2 atom stereocenters. The molecule has 1 nitrogen and oxygen atoms in total. The summed E-state index contributed by atoms with van der Waals surface area (Å²) in [6.45, 7) is 0.